The molecule has 0 bridgehead atoms. The summed E-state index contributed by atoms with van der Waals surface area (Å²) in [5.74, 6) is 2.86. The third-order valence-corrected chi connectivity index (χ3v) is 8.45. The Kier molecular flexibility index (Phi) is 3.74. The summed E-state index contributed by atoms with van der Waals surface area (Å²) >= 11 is 0. The predicted octanol–water partition coefficient (Wildman–Crippen LogP) is 1.62. The minimum Gasteiger partial charge on any atom is -0.393 e. The molecule has 0 aromatic rings. The van der Waals surface area contributed by atoms with Gasteiger partial charge in [0, 0.05) is 5.41 Å². The number of terminal acetylenes is 1. The Morgan fingerprint density at radius 3 is 2.64 bits per heavy atom. The SMILES string of the molecule is C#C[C@]1(O)[C@H](O)C[C@H]2[C@@H]3CC=C4C[C@@H](O)CC[C@]4(C)[C@H]3[C@@H](O)C[C@@]21C. The lowest BCUT2D eigenvalue weighted by atomic mass is 9.46. The topological polar surface area (TPSA) is 80.9 Å². The van der Waals surface area contributed by atoms with Crippen molar-refractivity contribution in [1.82, 2.24) is 0 Å². The van der Waals surface area contributed by atoms with Gasteiger partial charge in [-0.2, -0.15) is 0 Å². The molecule has 0 radical (unpaired) electrons. The summed E-state index contributed by atoms with van der Waals surface area (Å²) in [5, 5.41) is 42.8. The Balaban J connectivity index is 1.77. The lowest BCUT2D eigenvalue weighted by molar-refractivity contribution is -0.160. The zero-order chi connectivity index (χ0) is 18.2. The van der Waals surface area contributed by atoms with E-state index in [-0.39, 0.29) is 29.3 Å². The summed E-state index contributed by atoms with van der Waals surface area (Å²) in [4.78, 5) is 0. The van der Waals surface area contributed by atoms with Crippen LogP contribution in [-0.4, -0.2) is 44.3 Å². The zero-order valence-electron chi connectivity index (χ0n) is 15.2. The number of hydrogen-bond acceptors (Lipinski definition) is 4. The van der Waals surface area contributed by atoms with Crippen LogP contribution in [0.1, 0.15) is 52.4 Å². The van der Waals surface area contributed by atoms with Crippen LogP contribution in [0.2, 0.25) is 0 Å². The fraction of sp³-hybridized carbons (Fsp3) is 0.810. The van der Waals surface area contributed by atoms with Crippen LogP contribution in [0.4, 0.5) is 0 Å². The van der Waals surface area contributed by atoms with Gasteiger partial charge < -0.3 is 20.4 Å². The van der Waals surface area contributed by atoms with Crippen LogP contribution in [0.5, 0.6) is 0 Å². The van der Waals surface area contributed by atoms with Crippen molar-refractivity contribution in [2.24, 2.45) is 28.6 Å². The van der Waals surface area contributed by atoms with Crippen LogP contribution in [-0.2, 0) is 0 Å². The first-order chi connectivity index (χ1) is 11.7. The molecule has 0 aromatic heterocycles. The van der Waals surface area contributed by atoms with E-state index in [0.29, 0.717) is 19.3 Å². The molecule has 0 aliphatic heterocycles. The molecule has 4 aliphatic carbocycles. The highest BCUT2D eigenvalue weighted by Crippen LogP contribution is 2.66. The molecule has 3 fully saturated rings. The fourth-order valence-corrected chi connectivity index (χ4v) is 7.05. The summed E-state index contributed by atoms with van der Waals surface area (Å²) in [6.45, 7) is 4.17. The van der Waals surface area contributed by atoms with Crippen LogP contribution in [0.3, 0.4) is 0 Å². The Morgan fingerprint density at radius 1 is 1.24 bits per heavy atom. The van der Waals surface area contributed by atoms with Crippen molar-refractivity contribution >= 4 is 0 Å². The predicted molar refractivity (Wildman–Crippen MR) is 94.3 cm³/mol. The first kappa shape index (κ1) is 17.5. The van der Waals surface area contributed by atoms with Crippen molar-refractivity contribution in [2.45, 2.75) is 76.3 Å². The van der Waals surface area contributed by atoms with Crippen LogP contribution in [0.25, 0.3) is 0 Å². The lowest BCUT2D eigenvalue weighted by Crippen LogP contribution is -2.60. The van der Waals surface area contributed by atoms with E-state index < -0.39 is 23.2 Å². The van der Waals surface area contributed by atoms with Crippen molar-refractivity contribution in [2.75, 3.05) is 0 Å². The van der Waals surface area contributed by atoms with Crippen molar-refractivity contribution < 1.29 is 20.4 Å². The van der Waals surface area contributed by atoms with Crippen LogP contribution < -0.4 is 0 Å². The molecule has 9 atom stereocenters. The molecule has 4 rings (SSSR count). The Hall–Kier alpha value is -0.860. The fourth-order valence-electron chi connectivity index (χ4n) is 7.05. The van der Waals surface area contributed by atoms with E-state index in [1.807, 2.05) is 6.92 Å². The monoisotopic (exact) mass is 346 g/mol. The average molecular weight is 346 g/mol. The van der Waals surface area contributed by atoms with E-state index in [1.165, 1.54) is 5.57 Å². The molecule has 0 saturated heterocycles. The first-order valence-corrected chi connectivity index (χ1v) is 9.61. The van der Waals surface area contributed by atoms with Gasteiger partial charge in [0.1, 0.15) is 0 Å². The smallest absolute Gasteiger partial charge is 0.156 e. The minimum absolute atomic E-state index is 0.0958. The summed E-state index contributed by atoms with van der Waals surface area (Å²) in [6.07, 6.45) is 10.2. The van der Waals surface area contributed by atoms with Crippen LogP contribution in [0.15, 0.2) is 11.6 Å². The van der Waals surface area contributed by atoms with Crippen LogP contribution in [0, 0.1) is 40.9 Å². The van der Waals surface area contributed by atoms with Gasteiger partial charge in [0.25, 0.3) is 0 Å². The molecule has 25 heavy (non-hydrogen) atoms. The van der Waals surface area contributed by atoms with Crippen LogP contribution >= 0.6 is 0 Å². The standard InChI is InChI=1S/C21H30O4/c1-4-21(25)17(24)10-15-14-6-5-12-9-13(22)7-8-19(12,2)18(14)16(23)11-20(15,21)3/h1,5,13-18,22-25H,6-11H2,2-3H3/t13-,14-,15-,16-,17+,18+,19-,20-,21-/m0/s1. The third-order valence-electron chi connectivity index (χ3n) is 8.45. The van der Waals surface area contributed by atoms with E-state index in [9.17, 15) is 20.4 Å². The average Bonchev–Trinajstić information content (AvgIpc) is 2.76. The summed E-state index contributed by atoms with van der Waals surface area (Å²) in [6, 6.07) is 0. The minimum atomic E-state index is -1.57. The van der Waals surface area contributed by atoms with E-state index >= 15 is 0 Å². The molecule has 0 heterocycles. The first-order valence-electron chi connectivity index (χ1n) is 9.61. The highest BCUT2D eigenvalue weighted by atomic mass is 16.3. The molecule has 0 spiro atoms. The highest BCUT2D eigenvalue weighted by molar-refractivity contribution is 5.31. The van der Waals surface area contributed by atoms with E-state index in [0.717, 1.165) is 19.3 Å². The molecule has 4 heteroatoms. The van der Waals surface area contributed by atoms with Crippen molar-refractivity contribution in [3.63, 3.8) is 0 Å². The summed E-state index contributed by atoms with van der Waals surface area (Å²) in [7, 11) is 0. The van der Waals surface area contributed by atoms with Gasteiger partial charge in [0.15, 0.2) is 5.60 Å². The number of hydrogen-bond donors (Lipinski definition) is 4. The highest BCUT2D eigenvalue weighted by Gasteiger charge is 2.68. The van der Waals surface area contributed by atoms with Gasteiger partial charge >= 0.3 is 0 Å². The molecular weight excluding hydrogens is 316 g/mol. The van der Waals surface area contributed by atoms with Gasteiger partial charge in [0.2, 0.25) is 0 Å². The second-order valence-electron chi connectivity index (χ2n) is 9.43. The second-order valence-corrected chi connectivity index (χ2v) is 9.43. The number of fused-ring (bicyclic) bond motifs is 5. The Morgan fingerprint density at radius 2 is 1.96 bits per heavy atom. The van der Waals surface area contributed by atoms with E-state index in [4.69, 9.17) is 6.42 Å². The van der Waals surface area contributed by atoms with Crippen molar-refractivity contribution in [3.05, 3.63) is 11.6 Å². The van der Waals surface area contributed by atoms with Crippen molar-refractivity contribution in [3.8, 4) is 12.3 Å². The normalized spacial score (nSPS) is 57.7. The second kappa shape index (κ2) is 5.33. The van der Waals surface area contributed by atoms with Gasteiger partial charge in [-0.25, -0.2) is 0 Å². The number of rotatable bonds is 0. The molecule has 4 aliphatic rings. The molecule has 0 aromatic carbocycles. The largest absolute Gasteiger partial charge is 0.393 e. The summed E-state index contributed by atoms with van der Waals surface area (Å²) < 4.78 is 0. The molecule has 4 N–H and O–H groups in total. The van der Waals surface area contributed by atoms with Crippen molar-refractivity contribution in [1.29, 1.82) is 0 Å². The number of aliphatic hydroxyl groups is 4. The number of allylic oxidation sites excluding steroid dienone is 1. The number of aliphatic hydroxyl groups excluding tert-OH is 3. The molecular formula is C21H30O4. The molecule has 3 saturated carbocycles. The third kappa shape index (κ3) is 2.04. The zero-order valence-corrected chi connectivity index (χ0v) is 15.2. The Labute approximate surface area is 150 Å². The lowest BCUT2D eigenvalue weighted by Gasteiger charge is -2.60. The van der Waals surface area contributed by atoms with Gasteiger partial charge in [-0.15, -0.1) is 6.42 Å². The molecule has 0 unspecified atom stereocenters. The maximum Gasteiger partial charge on any atom is 0.156 e. The van der Waals surface area contributed by atoms with Gasteiger partial charge in [-0.3, -0.25) is 0 Å². The van der Waals surface area contributed by atoms with E-state index in [2.05, 4.69) is 18.9 Å². The van der Waals surface area contributed by atoms with Gasteiger partial charge in [-0.05, 0) is 61.7 Å². The quantitative estimate of drug-likeness (QED) is 0.397. The molecule has 4 nitrogen and oxygen atoms in total. The van der Waals surface area contributed by atoms with Gasteiger partial charge in [0.05, 0.1) is 18.3 Å². The molecule has 138 valence electrons. The van der Waals surface area contributed by atoms with E-state index in [1.54, 1.807) is 0 Å². The molecule has 0 amide bonds. The maximum absolute atomic E-state index is 11.1. The Bertz CT molecular complexity index is 651. The van der Waals surface area contributed by atoms with Gasteiger partial charge in [-0.1, -0.05) is 31.4 Å². The summed E-state index contributed by atoms with van der Waals surface area (Å²) in [5.41, 5.74) is -1.07. The maximum atomic E-state index is 11.1.